The van der Waals surface area contributed by atoms with Crippen LogP contribution in [0.3, 0.4) is 0 Å². The minimum absolute atomic E-state index is 0.000304. The number of aryl methyl sites for hydroxylation is 2. The number of aromatic nitrogens is 2. The van der Waals surface area contributed by atoms with Crippen LogP contribution in [0.1, 0.15) is 55.3 Å². The third-order valence-electron chi connectivity index (χ3n) is 6.51. The summed E-state index contributed by atoms with van der Waals surface area (Å²) in [4.78, 5) is 20.0. The van der Waals surface area contributed by atoms with E-state index in [1.54, 1.807) is 0 Å². The molecule has 1 fully saturated rings. The molecule has 1 aliphatic rings. The maximum Gasteiger partial charge on any atom is 0.241 e. The average molecular weight is 481 g/mol. The maximum atomic E-state index is 13.3. The largest absolute Gasteiger partial charge is 0.349 e. The molecule has 4 rings (SSSR count). The number of carbonyl (C=O) groups is 1. The van der Waals surface area contributed by atoms with E-state index in [2.05, 4.69) is 66.3 Å². The van der Waals surface area contributed by atoms with Crippen molar-refractivity contribution in [2.24, 2.45) is 11.8 Å². The van der Waals surface area contributed by atoms with E-state index in [4.69, 9.17) is 16.1 Å². The molecule has 0 aliphatic carbocycles. The topological polar surface area (TPSA) is 71.3 Å². The fraction of sp³-hybridized carbons (Fsp3) is 0.444. The molecule has 1 saturated heterocycles. The molecule has 7 heteroatoms. The van der Waals surface area contributed by atoms with Crippen molar-refractivity contribution in [3.05, 3.63) is 70.1 Å². The molecular formula is C27H33ClN4O2. The van der Waals surface area contributed by atoms with Crippen LogP contribution in [0.25, 0.3) is 11.4 Å². The first-order valence-electron chi connectivity index (χ1n) is 12.0. The highest BCUT2D eigenvalue weighted by atomic mass is 35.5. The quantitative estimate of drug-likeness (QED) is 0.467. The molecule has 2 unspecified atom stereocenters. The number of likely N-dealkylation sites (tertiary alicyclic amines) is 1. The SMILES string of the molecule is Cc1ccc(C(NC(=O)C2CCCN(Cc3nc(-c4cccc(Cl)c4)no3)C2)C(C)C)c(C)c1. The van der Waals surface area contributed by atoms with Crippen LogP contribution in [0, 0.1) is 25.7 Å². The van der Waals surface area contributed by atoms with Crippen molar-refractivity contribution >= 4 is 17.5 Å². The highest BCUT2D eigenvalue weighted by molar-refractivity contribution is 6.30. The summed E-state index contributed by atoms with van der Waals surface area (Å²) in [5.41, 5.74) is 4.47. The number of nitrogens with zero attached hydrogens (tertiary/aromatic N) is 3. The van der Waals surface area contributed by atoms with E-state index in [-0.39, 0.29) is 17.9 Å². The molecular weight excluding hydrogens is 448 g/mol. The Morgan fingerprint density at radius 1 is 1.24 bits per heavy atom. The molecule has 2 atom stereocenters. The first-order chi connectivity index (χ1) is 16.3. The molecule has 2 aromatic carbocycles. The minimum atomic E-state index is -0.0592. The number of rotatable bonds is 7. The van der Waals surface area contributed by atoms with E-state index < -0.39 is 0 Å². The highest BCUT2D eigenvalue weighted by Gasteiger charge is 2.29. The Hall–Kier alpha value is -2.70. The van der Waals surface area contributed by atoms with Crippen molar-refractivity contribution in [1.82, 2.24) is 20.4 Å². The summed E-state index contributed by atoms with van der Waals surface area (Å²) in [7, 11) is 0. The van der Waals surface area contributed by atoms with Crippen LogP contribution in [0.15, 0.2) is 47.0 Å². The molecule has 0 saturated carbocycles. The number of hydrogen-bond donors (Lipinski definition) is 1. The van der Waals surface area contributed by atoms with Crippen molar-refractivity contribution in [3.8, 4) is 11.4 Å². The number of amides is 1. The zero-order chi connectivity index (χ0) is 24.2. The molecule has 6 nitrogen and oxygen atoms in total. The number of benzene rings is 2. The summed E-state index contributed by atoms with van der Waals surface area (Å²) in [6.45, 7) is 10.6. The van der Waals surface area contributed by atoms with E-state index in [1.807, 2.05) is 24.3 Å². The summed E-state index contributed by atoms with van der Waals surface area (Å²) < 4.78 is 5.49. The summed E-state index contributed by atoms with van der Waals surface area (Å²) in [5, 5.41) is 8.09. The van der Waals surface area contributed by atoms with Gasteiger partial charge in [0.05, 0.1) is 18.5 Å². The monoisotopic (exact) mass is 480 g/mol. The van der Waals surface area contributed by atoms with Gasteiger partial charge in [0, 0.05) is 17.1 Å². The van der Waals surface area contributed by atoms with Crippen LogP contribution in [0.5, 0.6) is 0 Å². The third-order valence-corrected chi connectivity index (χ3v) is 6.75. The van der Waals surface area contributed by atoms with Crippen molar-refractivity contribution in [3.63, 3.8) is 0 Å². The van der Waals surface area contributed by atoms with Crippen LogP contribution in [-0.2, 0) is 11.3 Å². The van der Waals surface area contributed by atoms with Gasteiger partial charge in [0.2, 0.25) is 17.6 Å². The molecule has 1 amide bonds. The van der Waals surface area contributed by atoms with Gasteiger partial charge in [-0.25, -0.2) is 0 Å². The zero-order valence-corrected chi connectivity index (χ0v) is 21.1. The van der Waals surface area contributed by atoms with Gasteiger partial charge in [-0.15, -0.1) is 0 Å². The lowest BCUT2D eigenvalue weighted by Crippen LogP contribution is -2.44. The van der Waals surface area contributed by atoms with Gasteiger partial charge in [-0.2, -0.15) is 4.98 Å². The lowest BCUT2D eigenvalue weighted by molar-refractivity contribution is -0.128. The molecule has 0 bridgehead atoms. The van der Waals surface area contributed by atoms with Crippen LogP contribution < -0.4 is 5.32 Å². The van der Waals surface area contributed by atoms with Gasteiger partial charge >= 0.3 is 0 Å². The first kappa shape index (κ1) is 24.4. The summed E-state index contributed by atoms with van der Waals surface area (Å²) in [6, 6.07) is 13.9. The molecule has 34 heavy (non-hydrogen) atoms. The molecule has 1 aliphatic heterocycles. The fourth-order valence-corrected chi connectivity index (χ4v) is 4.91. The van der Waals surface area contributed by atoms with E-state index in [0.717, 1.165) is 24.9 Å². The smallest absolute Gasteiger partial charge is 0.241 e. The Kier molecular flexibility index (Phi) is 7.69. The fourth-order valence-electron chi connectivity index (χ4n) is 4.72. The lowest BCUT2D eigenvalue weighted by atomic mass is 9.90. The Morgan fingerprint density at radius 3 is 2.79 bits per heavy atom. The van der Waals surface area contributed by atoms with E-state index in [9.17, 15) is 4.79 Å². The van der Waals surface area contributed by atoms with Gasteiger partial charge in [-0.1, -0.05) is 66.5 Å². The molecule has 1 aromatic heterocycles. The Bertz CT molecular complexity index is 1140. The molecule has 1 N–H and O–H groups in total. The minimum Gasteiger partial charge on any atom is -0.349 e. The lowest BCUT2D eigenvalue weighted by Gasteiger charge is -2.33. The summed E-state index contributed by atoms with van der Waals surface area (Å²) in [5.74, 6) is 1.43. The van der Waals surface area contributed by atoms with Gasteiger partial charge in [0.15, 0.2) is 0 Å². The van der Waals surface area contributed by atoms with Crippen molar-refractivity contribution in [1.29, 1.82) is 0 Å². The standard InChI is InChI=1S/C27H33ClN4O2/c1-17(2)25(23-11-10-18(3)13-19(23)4)30-27(33)21-8-6-12-32(15-21)16-24-29-26(31-34-24)20-7-5-9-22(28)14-20/h5,7,9-11,13-14,17,21,25H,6,8,12,15-16H2,1-4H3,(H,30,33). The van der Waals surface area contributed by atoms with Crippen LogP contribution in [0.4, 0.5) is 0 Å². The van der Waals surface area contributed by atoms with E-state index >= 15 is 0 Å². The van der Waals surface area contributed by atoms with Gasteiger partial charge in [0.1, 0.15) is 0 Å². The number of hydrogen-bond acceptors (Lipinski definition) is 5. The van der Waals surface area contributed by atoms with Crippen LogP contribution >= 0.6 is 11.6 Å². The second-order valence-corrected chi connectivity index (χ2v) is 10.1. The number of halogens is 1. The third kappa shape index (κ3) is 5.86. The predicted octanol–water partition coefficient (Wildman–Crippen LogP) is 5.73. The second-order valence-electron chi connectivity index (χ2n) is 9.69. The number of piperidine rings is 1. The second kappa shape index (κ2) is 10.7. The van der Waals surface area contributed by atoms with Crippen LogP contribution in [0.2, 0.25) is 5.02 Å². The van der Waals surface area contributed by atoms with Gasteiger partial charge < -0.3 is 9.84 Å². The predicted molar refractivity (Wildman–Crippen MR) is 134 cm³/mol. The molecule has 3 aromatic rings. The average Bonchev–Trinajstić information content (AvgIpc) is 3.26. The van der Waals surface area contributed by atoms with Crippen LogP contribution in [-0.4, -0.2) is 34.0 Å². The van der Waals surface area contributed by atoms with Crippen molar-refractivity contribution < 1.29 is 9.32 Å². The maximum absolute atomic E-state index is 13.3. The van der Waals surface area contributed by atoms with Gasteiger partial charge in [-0.05, 0) is 62.4 Å². The Morgan fingerprint density at radius 2 is 2.06 bits per heavy atom. The van der Waals surface area contributed by atoms with E-state index in [0.29, 0.717) is 35.7 Å². The van der Waals surface area contributed by atoms with Gasteiger partial charge in [0.25, 0.3) is 0 Å². The molecule has 180 valence electrons. The van der Waals surface area contributed by atoms with Gasteiger partial charge in [-0.3, -0.25) is 9.69 Å². The first-order valence-corrected chi connectivity index (χ1v) is 12.4. The molecule has 0 radical (unpaired) electrons. The number of nitrogens with one attached hydrogen (secondary N) is 1. The van der Waals surface area contributed by atoms with E-state index in [1.165, 1.54) is 16.7 Å². The summed E-state index contributed by atoms with van der Waals surface area (Å²) in [6.07, 6.45) is 1.85. The zero-order valence-electron chi connectivity index (χ0n) is 20.3. The number of carbonyl (C=O) groups excluding carboxylic acids is 1. The summed E-state index contributed by atoms with van der Waals surface area (Å²) >= 11 is 6.08. The van der Waals surface area contributed by atoms with Crippen molar-refractivity contribution in [2.45, 2.75) is 53.1 Å². The molecule has 2 heterocycles. The molecule has 0 spiro atoms. The van der Waals surface area contributed by atoms with Crippen molar-refractivity contribution in [2.75, 3.05) is 13.1 Å². The highest BCUT2D eigenvalue weighted by Crippen LogP contribution is 2.27. The Balaban J connectivity index is 1.40. The Labute approximate surface area is 206 Å². The normalized spacial score (nSPS) is 17.6.